The SMILES string of the molecule is ClCCl.[Pd].c12c3c4c5c1c1c6c7c2c2c8c3c3c9c4c4c%10c5c5c1c1c6c6c%11c%12c%13c%14c%15c%16c%17c%14c%14c%18c%13c%11c1c1c5c%10c5c(c%14c%10c%17c%11c%13c%16c%14c%16c%15c%12c%12c%16c(c2c7c%126)c2c8c3c(c%13c%142)c2c9c4c5c%10c%112)c%181.c1ccc([PH+](c2ccccc2)c2ccccc2)cc1.c1ccc([PH+](c2ccccc2)c2ccccc2)cc1. The monoisotopic (exact) mass is 1560 g/mol. The van der Waals surface area contributed by atoms with Crippen LogP contribution in [0.2, 0.25) is 0 Å². The van der Waals surface area contributed by atoms with Gasteiger partial charge in [0.05, 0.1) is 21.2 Å². The van der Waals surface area contributed by atoms with E-state index in [4.69, 9.17) is 23.2 Å². The Morgan fingerprint density at radius 2 is 0.170 bits per heavy atom. The quantitative estimate of drug-likeness (QED) is 0.0512. The van der Waals surface area contributed by atoms with Gasteiger partial charge in [0.2, 0.25) is 0 Å². The van der Waals surface area contributed by atoms with Gasteiger partial charge in [-0.15, -0.1) is 23.2 Å². The van der Waals surface area contributed by atoms with Crippen LogP contribution in [0.25, 0.3) is 377 Å². The molecule has 0 amide bonds. The maximum Gasteiger partial charge on any atom is 0.102 e. The fourth-order valence-corrected chi connectivity index (χ4v) is 36.0. The first-order chi connectivity index (χ1) is 55.3. The summed E-state index contributed by atoms with van der Waals surface area (Å²) in [7, 11) is -1.75. The third kappa shape index (κ3) is 4.04. The van der Waals surface area contributed by atoms with Gasteiger partial charge in [-0.25, -0.2) is 0 Å². The largest absolute Gasteiger partial charge is 0.109 e. The van der Waals surface area contributed by atoms with Crippen molar-refractivity contribution in [3.05, 3.63) is 182 Å². The molecule has 43 rings (SSSR count). The van der Waals surface area contributed by atoms with Crippen molar-refractivity contribution >= 4 is 448 Å². The molecule has 0 radical (unpaired) electrons. The molecule has 0 nitrogen and oxygen atoms in total. The van der Waals surface area contributed by atoms with Crippen LogP contribution in [-0.4, -0.2) is 5.34 Å². The van der Waals surface area contributed by atoms with E-state index >= 15 is 0 Å². The van der Waals surface area contributed by atoms with E-state index in [9.17, 15) is 0 Å². The van der Waals surface area contributed by atoms with Gasteiger partial charge in [0, 0.05) is 397 Å². The van der Waals surface area contributed by atoms with E-state index in [0.717, 1.165) is 0 Å². The molecule has 43 aromatic rings. The van der Waals surface area contributed by atoms with Gasteiger partial charge in [0.25, 0.3) is 0 Å². The van der Waals surface area contributed by atoms with Crippen LogP contribution in [-0.2, 0) is 20.4 Å². The third-order valence-electron chi connectivity index (χ3n) is 32.6. The van der Waals surface area contributed by atoms with Gasteiger partial charge in [0.1, 0.15) is 31.8 Å². The van der Waals surface area contributed by atoms with E-state index in [1.807, 2.05) is 0 Å². The standard InChI is InChI=1S/C70.2C18H15P.CH2Cl2.Pd/c1-2-22-5-6-24-13-14-26-11-9-23-4-3(21(1)51-52(22)54(24)55(26)53(23)51)33-31(1)61-35-7-8-27-15-16-29-19-20-30-18-17-28-12-10(25(7)56-57(27)59(29)60(30)58(28)56)37(35)63(33)65-36(4)40(9)67(44(17)42(12)65)69-46(11)47(14)70(50(20)49(18)69)68-43(13)39(6)66(45(16)48(19)68)64-34(5)32(2)62(61)38(8)41(15)64;2*1-4-10-16(11-5-1)19(17-12-6-2-7-13-17)18-14-8-3-9-15-18;2-1-3;/h;2*1-15H;1H2;/p+2. The molecule has 0 saturated carbocycles. The Hall–Kier alpha value is -11.7. The molecule has 5 heteroatoms. The molecule has 494 valence electrons. The first-order valence-corrected chi connectivity index (χ1v) is 43.8. The van der Waals surface area contributed by atoms with Gasteiger partial charge >= 0.3 is 0 Å². The van der Waals surface area contributed by atoms with E-state index in [1.165, 1.54) is 31.8 Å². The molecule has 0 aliphatic heterocycles. The van der Waals surface area contributed by atoms with E-state index in [1.54, 1.807) is 377 Å². The third-order valence-corrected chi connectivity index (χ3v) is 38.1. The number of benzene rings is 31. The number of hydrogen-bond acceptors (Lipinski definition) is 0. The number of halogens is 2. The van der Waals surface area contributed by atoms with E-state index in [2.05, 4.69) is 182 Å². The summed E-state index contributed by atoms with van der Waals surface area (Å²) in [6.07, 6.45) is 0. The summed E-state index contributed by atoms with van der Waals surface area (Å²) in [6.45, 7) is 0. The summed E-state index contributed by atoms with van der Waals surface area (Å²) >= 11 is 9.53. The van der Waals surface area contributed by atoms with Crippen molar-refractivity contribution in [2.45, 2.75) is 0 Å². The molecule has 0 heterocycles. The van der Waals surface area contributed by atoms with Crippen LogP contribution in [0.15, 0.2) is 182 Å². The minimum atomic E-state index is -0.877. The predicted octanol–water partition coefficient (Wildman–Crippen LogP) is 28.5. The molecule has 0 atom stereocenters. The molecule has 0 bridgehead atoms. The van der Waals surface area contributed by atoms with E-state index < -0.39 is 15.8 Å². The number of alkyl halides is 2. The zero-order chi connectivity index (χ0) is 69.0. The molecule has 0 aromatic heterocycles. The van der Waals surface area contributed by atoms with Gasteiger partial charge in [-0.05, 0) is 72.8 Å². The average molecular weight is 1560 g/mol. The minimum absolute atomic E-state index is 0. The fraction of sp³-hybridized carbons (Fsp3) is 0.00935. The molecule has 0 spiro atoms. The smallest absolute Gasteiger partial charge is 0.102 e. The zero-order valence-corrected chi connectivity index (χ0v) is 63.2. The summed E-state index contributed by atoms with van der Waals surface area (Å²) < 4.78 is 0. The minimum Gasteiger partial charge on any atom is -0.109 e. The Morgan fingerprint density at radius 1 is 0.116 bits per heavy atom. The van der Waals surface area contributed by atoms with Gasteiger partial charge in [0.15, 0.2) is 0 Å². The van der Waals surface area contributed by atoms with Crippen molar-refractivity contribution in [1.82, 2.24) is 0 Å². The van der Waals surface area contributed by atoms with Crippen LogP contribution in [0.3, 0.4) is 0 Å². The van der Waals surface area contributed by atoms with Crippen molar-refractivity contribution in [2.75, 3.05) is 5.34 Å². The maximum absolute atomic E-state index is 4.76. The van der Waals surface area contributed by atoms with Crippen LogP contribution < -0.4 is 31.8 Å². The number of rotatable bonds is 6. The van der Waals surface area contributed by atoms with E-state index in [0.29, 0.717) is 0 Å². The van der Waals surface area contributed by atoms with Crippen LogP contribution in [0.1, 0.15) is 0 Å². The van der Waals surface area contributed by atoms with Crippen molar-refractivity contribution < 1.29 is 20.4 Å². The Morgan fingerprint density at radius 3 is 0.223 bits per heavy atom. The normalized spacial score (nSPS) is 15.0. The molecule has 43 aromatic carbocycles. The second-order valence-electron chi connectivity index (χ2n) is 35.3. The molecule has 112 heavy (non-hydrogen) atoms. The predicted molar refractivity (Wildman–Crippen MR) is 494 cm³/mol. The van der Waals surface area contributed by atoms with Gasteiger partial charge in [-0.3, -0.25) is 0 Å². The van der Waals surface area contributed by atoms with E-state index in [-0.39, 0.29) is 25.8 Å². The molecule has 0 unspecified atom stereocenters. The summed E-state index contributed by atoms with van der Waals surface area (Å²) in [4.78, 5) is 0. The Labute approximate surface area is 650 Å². The Kier molecular flexibility index (Phi) is 7.01. The van der Waals surface area contributed by atoms with Gasteiger partial charge in [-0.2, -0.15) is 0 Å². The van der Waals surface area contributed by atoms with Crippen LogP contribution in [0.4, 0.5) is 0 Å². The van der Waals surface area contributed by atoms with Crippen LogP contribution in [0.5, 0.6) is 0 Å². The van der Waals surface area contributed by atoms with Crippen molar-refractivity contribution in [2.24, 2.45) is 0 Å². The van der Waals surface area contributed by atoms with Crippen LogP contribution in [0, 0.1) is 0 Å². The summed E-state index contributed by atoms with van der Waals surface area (Å²) in [6, 6.07) is 65.0. The molecule has 0 saturated heterocycles. The maximum atomic E-state index is 4.76. The molecule has 0 aliphatic rings. The first kappa shape index (κ1) is 52.5. The van der Waals surface area contributed by atoms with Gasteiger partial charge in [-0.1, -0.05) is 109 Å². The molecule has 0 aliphatic carbocycles. The second kappa shape index (κ2) is 15.0. The van der Waals surface area contributed by atoms with Gasteiger partial charge < -0.3 is 0 Å². The van der Waals surface area contributed by atoms with Crippen molar-refractivity contribution in [1.29, 1.82) is 0 Å². The Balaban J connectivity index is 0.000000113. The summed E-state index contributed by atoms with van der Waals surface area (Å²) in [5.41, 5.74) is 0. The summed E-state index contributed by atoms with van der Waals surface area (Å²) in [5, 5.41) is 125. The molecular weight excluding hydrogens is 1520 g/mol. The Bertz CT molecular complexity index is 8680. The average Bonchev–Trinajstić information content (AvgIpc) is 1.39. The topological polar surface area (TPSA) is 0 Å². The fourth-order valence-electron chi connectivity index (χ4n) is 30.9. The second-order valence-corrected chi connectivity index (χ2v) is 41.1. The first-order valence-electron chi connectivity index (χ1n) is 39.7. The van der Waals surface area contributed by atoms with Crippen molar-refractivity contribution in [3.8, 4) is 0 Å². The van der Waals surface area contributed by atoms with Crippen LogP contribution >= 0.6 is 39.0 Å². The molecule has 0 fully saturated rings. The molecular formula is C107H34Cl2P2Pd+2. The van der Waals surface area contributed by atoms with Crippen molar-refractivity contribution in [3.63, 3.8) is 0 Å². The summed E-state index contributed by atoms with van der Waals surface area (Å²) in [5.74, 6) is 0. The number of hydrogen-bond donors (Lipinski definition) is 0. The molecule has 0 N–H and O–H groups in total. The zero-order valence-electron chi connectivity index (χ0n) is 58.1.